The molecule has 1 aliphatic rings. The first kappa shape index (κ1) is 19.6. The quantitative estimate of drug-likeness (QED) is 0.549. The maximum Gasteiger partial charge on any atom is 0.376 e. The van der Waals surface area contributed by atoms with Crippen LogP contribution in [-0.2, 0) is 7.05 Å². The molecule has 11 heteroatoms. The highest BCUT2D eigenvalue weighted by molar-refractivity contribution is 9.10. The number of nitrogens with zero attached hydrogens (tertiary/aromatic N) is 4. The molecular weight excluding hydrogens is 429 g/mol. The van der Waals surface area contributed by atoms with Gasteiger partial charge in [-0.25, -0.2) is 9.37 Å². The number of hydrogen-bond donors (Lipinski definition) is 2. The number of aliphatic hydroxyl groups is 1. The molecule has 0 spiro atoms. The number of amides is 1. The third kappa shape index (κ3) is 3.14. The fourth-order valence-corrected chi connectivity index (χ4v) is 3.93. The number of imidazole rings is 1. The van der Waals surface area contributed by atoms with E-state index in [2.05, 4.69) is 20.9 Å². The lowest BCUT2D eigenvalue weighted by molar-refractivity contribution is 0.0412. The van der Waals surface area contributed by atoms with Gasteiger partial charge in [-0.05, 0) is 22.8 Å². The molecule has 0 bridgehead atoms. The summed E-state index contributed by atoms with van der Waals surface area (Å²) in [4.78, 5) is 20.5. The van der Waals surface area contributed by atoms with Crippen molar-refractivity contribution in [2.24, 2.45) is 7.05 Å². The van der Waals surface area contributed by atoms with Crippen LogP contribution in [0.5, 0.6) is 0 Å². The molecule has 2 N–H and O–H groups in total. The van der Waals surface area contributed by atoms with Crippen LogP contribution in [0.15, 0.2) is 10.8 Å². The lowest BCUT2D eigenvalue weighted by atomic mass is 9.83. The van der Waals surface area contributed by atoms with E-state index in [0.717, 1.165) is 0 Å². The van der Waals surface area contributed by atoms with Crippen LogP contribution in [0, 0.1) is 5.82 Å². The zero-order valence-corrected chi connectivity index (χ0v) is 16.6. The van der Waals surface area contributed by atoms with Gasteiger partial charge in [-0.3, -0.25) is 4.79 Å². The average molecular weight is 448 g/mol. The predicted octanol–water partition coefficient (Wildman–Crippen LogP) is 1.36. The molecule has 1 aromatic heterocycles. The third-order valence-corrected chi connectivity index (χ3v) is 6.07. The van der Waals surface area contributed by atoms with E-state index in [0.29, 0.717) is 28.6 Å². The summed E-state index contributed by atoms with van der Waals surface area (Å²) in [5.74, 6) is -1.39. The van der Waals surface area contributed by atoms with Crippen molar-refractivity contribution in [2.75, 3.05) is 26.2 Å². The summed E-state index contributed by atoms with van der Waals surface area (Å²) in [6, 6.07) is -0.559. The molecule has 26 heavy (non-hydrogen) atoms. The monoisotopic (exact) mass is 446 g/mol. The van der Waals surface area contributed by atoms with Crippen LogP contribution in [0.3, 0.4) is 0 Å². The maximum atomic E-state index is 14.9. The fourth-order valence-electron chi connectivity index (χ4n) is 3.28. The summed E-state index contributed by atoms with van der Waals surface area (Å²) < 4.78 is 16.8. The molecule has 1 saturated heterocycles. The second-order valence-electron chi connectivity index (χ2n) is 6.33. The second-order valence-corrected chi connectivity index (χ2v) is 7.50. The second kappa shape index (κ2) is 7.44. The number of piperazine rings is 1. The van der Waals surface area contributed by atoms with Gasteiger partial charge in [0.05, 0.1) is 34.0 Å². The van der Waals surface area contributed by atoms with Crippen molar-refractivity contribution in [2.45, 2.75) is 12.9 Å². The Kier molecular flexibility index (Phi) is 5.59. The van der Waals surface area contributed by atoms with Gasteiger partial charge in [0, 0.05) is 26.7 Å². The van der Waals surface area contributed by atoms with Gasteiger partial charge < -0.3 is 24.4 Å². The van der Waals surface area contributed by atoms with Crippen LogP contribution < -0.4 is 0 Å². The summed E-state index contributed by atoms with van der Waals surface area (Å²) >= 11 is 9.28. The van der Waals surface area contributed by atoms with Gasteiger partial charge in [0.1, 0.15) is 11.1 Å². The van der Waals surface area contributed by atoms with Gasteiger partial charge in [-0.2, -0.15) is 0 Å². The van der Waals surface area contributed by atoms with E-state index in [1.165, 1.54) is 11.2 Å². The zero-order valence-electron chi connectivity index (χ0n) is 14.3. The van der Waals surface area contributed by atoms with Gasteiger partial charge in [0.25, 0.3) is 5.91 Å². The Morgan fingerprint density at radius 1 is 1.54 bits per heavy atom. The minimum absolute atomic E-state index is 0.169. The smallest absolute Gasteiger partial charge is 0.376 e. The molecule has 1 amide bonds. The fraction of sp³-hybridized carbons (Fsp3) is 0.467. The number of halogens is 3. The number of aliphatic hydroxyl groups excluding tert-OH is 1. The largest absolute Gasteiger partial charge is 0.437 e. The minimum Gasteiger partial charge on any atom is -0.437 e. The standard InChI is InChI=1S/C15H18BBrClFN4O3/c1-16(26)22-3-4-23(8(5-22)6-24)15(25)9-12(19)11(18)10(17)13-14(9)21(2)7-20-13/h7-8,24,26H,3-6H2,1-2H3/t8-/m1/s1. The van der Waals surface area contributed by atoms with E-state index in [1.807, 2.05) is 0 Å². The van der Waals surface area contributed by atoms with Crippen molar-refractivity contribution in [3.05, 3.63) is 27.2 Å². The number of hydrogen-bond acceptors (Lipinski definition) is 5. The maximum absolute atomic E-state index is 14.9. The van der Waals surface area contributed by atoms with Crippen LogP contribution in [0.2, 0.25) is 11.8 Å². The Bertz CT molecular complexity index is 865. The number of aromatic nitrogens is 2. The predicted molar refractivity (Wildman–Crippen MR) is 101 cm³/mol. The number of aryl methyl sites for hydroxylation is 1. The van der Waals surface area contributed by atoms with Gasteiger partial charge >= 0.3 is 7.05 Å². The van der Waals surface area contributed by atoms with Crippen LogP contribution in [0.25, 0.3) is 11.0 Å². The molecule has 0 radical (unpaired) electrons. The van der Waals surface area contributed by atoms with Crippen molar-refractivity contribution in [1.82, 2.24) is 19.3 Å². The Hall–Kier alpha value is -1.20. The Morgan fingerprint density at radius 3 is 2.85 bits per heavy atom. The van der Waals surface area contributed by atoms with E-state index in [-0.39, 0.29) is 23.7 Å². The molecule has 1 fully saturated rings. The van der Waals surface area contributed by atoms with Gasteiger partial charge in [0.2, 0.25) is 0 Å². The van der Waals surface area contributed by atoms with Gasteiger partial charge in [-0.1, -0.05) is 11.6 Å². The average Bonchev–Trinajstić information content (AvgIpc) is 3.00. The topological polar surface area (TPSA) is 81.8 Å². The molecule has 1 aliphatic heterocycles. The summed E-state index contributed by atoms with van der Waals surface area (Å²) in [5, 5.41) is 19.2. The lowest BCUT2D eigenvalue weighted by Gasteiger charge is -2.41. The first-order valence-electron chi connectivity index (χ1n) is 8.09. The van der Waals surface area contributed by atoms with Crippen LogP contribution in [-0.4, -0.2) is 74.6 Å². The summed E-state index contributed by atoms with van der Waals surface area (Å²) in [7, 11) is 0.977. The first-order valence-corrected chi connectivity index (χ1v) is 9.26. The molecule has 0 unspecified atom stereocenters. The van der Waals surface area contributed by atoms with Gasteiger partial charge in [0.15, 0.2) is 5.82 Å². The first-order chi connectivity index (χ1) is 12.3. The molecule has 3 rings (SSSR count). The number of carbonyl (C=O) groups excluding carboxylic acids is 1. The van der Waals surface area contributed by atoms with Crippen LogP contribution in [0.4, 0.5) is 4.39 Å². The van der Waals surface area contributed by atoms with Crippen molar-refractivity contribution < 1.29 is 19.3 Å². The highest BCUT2D eigenvalue weighted by Gasteiger charge is 2.36. The lowest BCUT2D eigenvalue weighted by Crippen LogP contribution is -2.59. The zero-order chi connectivity index (χ0) is 19.2. The highest BCUT2D eigenvalue weighted by atomic mass is 79.9. The molecule has 2 aromatic rings. The van der Waals surface area contributed by atoms with Crippen LogP contribution >= 0.6 is 27.5 Å². The van der Waals surface area contributed by atoms with Crippen molar-refractivity contribution in [3.63, 3.8) is 0 Å². The summed E-state index contributed by atoms with van der Waals surface area (Å²) in [6.45, 7) is 2.29. The molecule has 0 aliphatic carbocycles. The third-order valence-electron chi connectivity index (χ3n) is 4.71. The van der Waals surface area contributed by atoms with Crippen molar-refractivity contribution in [3.8, 4) is 0 Å². The number of carbonyl (C=O) groups is 1. The highest BCUT2D eigenvalue weighted by Crippen LogP contribution is 2.36. The van der Waals surface area contributed by atoms with Gasteiger partial charge in [-0.15, -0.1) is 0 Å². The van der Waals surface area contributed by atoms with E-state index in [4.69, 9.17) is 11.6 Å². The molecule has 140 valence electrons. The number of fused-ring (bicyclic) bond motifs is 1. The number of rotatable bonds is 3. The van der Waals surface area contributed by atoms with E-state index < -0.39 is 24.8 Å². The van der Waals surface area contributed by atoms with E-state index in [9.17, 15) is 19.3 Å². The minimum atomic E-state index is -0.825. The molecule has 2 heterocycles. The van der Waals surface area contributed by atoms with E-state index >= 15 is 0 Å². The molecule has 0 saturated carbocycles. The summed E-state index contributed by atoms with van der Waals surface area (Å²) in [6.07, 6.45) is 1.48. The molecule has 7 nitrogen and oxygen atoms in total. The van der Waals surface area contributed by atoms with Crippen molar-refractivity contribution >= 4 is 51.5 Å². The number of benzene rings is 1. The molecule has 1 atom stereocenters. The SMILES string of the molecule is CB(O)N1CCN(C(=O)c2c(F)c(Cl)c(Br)c3ncn(C)c23)[C@@H](CO)C1. The normalized spacial score (nSPS) is 18.6. The van der Waals surface area contributed by atoms with Crippen molar-refractivity contribution in [1.29, 1.82) is 0 Å². The Balaban J connectivity index is 2.07. The Labute approximate surface area is 163 Å². The van der Waals surface area contributed by atoms with Crippen LogP contribution in [0.1, 0.15) is 10.4 Å². The van der Waals surface area contributed by atoms with E-state index in [1.54, 1.807) is 23.2 Å². The molecule has 1 aromatic carbocycles. The summed E-state index contributed by atoms with van der Waals surface area (Å²) in [5.41, 5.74) is 0.556. The Morgan fingerprint density at radius 2 is 2.23 bits per heavy atom. The molecular formula is C15H18BBrClFN4O3.